The molecule has 1 aliphatic rings. The highest BCUT2D eigenvalue weighted by molar-refractivity contribution is 6.17. The first kappa shape index (κ1) is 10.8. The van der Waals surface area contributed by atoms with Crippen LogP contribution in [0.25, 0.3) is 0 Å². The standard InChI is InChI=1S/C12H16ClNO/c13-6-3-7-14-8-9-15-12-5-2-1-4-11(12)10-14/h1-2,4-5H,3,6-10H2. The van der Waals surface area contributed by atoms with E-state index in [1.807, 2.05) is 12.1 Å². The highest BCUT2D eigenvalue weighted by Gasteiger charge is 2.13. The molecule has 0 unspecified atom stereocenters. The summed E-state index contributed by atoms with van der Waals surface area (Å²) in [4.78, 5) is 2.40. The van der Waals surface area contributed by atoms with Crippen LogP contribution in [0.15, 0.2) is 24.3 Å². The van der Waals surface area contributed by atoms with Crippen LogP contribution < -0.4 is 4.74 Å². The minimum Gasteiger partial charge on any atom is -0.492 e. The first-order valence-corrected chi connectivity index (χ1v) is 5.92. The maximum Gasteiger partial charge on any atom is 0.123 e. The summed E-state index contributed by atoms with van der Waals surface area (Å²) in [5.41, 5.74) is 1.28. The van der Waals surface area contributed by atoms with Crippen molar-refractivity contribution in [1.82, 2.24) is 4.90 Å². The topological polar surface area (TPSA) is 12.5 Å². The summed E-state index contributed by atoms with van der Waals surface area (Å²) in [5.74, 6) is 1.77. The van der Waals surface area contributed by atoms with E-state index in [0.717, 1.165) is 44.3 Å². The molecule has 0 atom stereocenters. The Labute approximate surface area is 95.8 Å². The molecule has 0 aliphatic carbocycles. The summed E-state index contributed by atoms with van der Waals surface area (Å²) in [6, 6.07) is 8.26. The van der Waals surface area contributed by atoms with Crippen LogP contribution in [0.1, 0.15) is 12.0 Å². The Morgan fingerprint density at radius 1 is 1.33 bits per heavy atom. The first-order valence-electron chi connectivity index (χ1n) is 5.39. The van der Waals surface area contributed by atoms with E-state index in [9.17, 15) is 0 Å². The largest absolute Gasteiger partial charge is 0.492 e. The second-order valence-corrected chi connectivity index (χ2v) is 4.15. The van der Waals surface area contributed by atoms with Gasteiger partial charge in [-0.25, -0.2) is 0 Å². The number of rotatable bonds is 3. The fraction of sp³-hybridized carbons (Fsp3) is 0.500. The van der Waals surface area contributed by atoms with Crippen molar-refractivity contribution in [1.29, 1.82) is 0 Å². The second kappa shape index (κ2) is 5.38. The van der Waals surface area contributed by atoms with Crippen molar-refractivity contribution in [3.63, 3.8) is 0 Å². The summed E-state index contributed by atoms with van der Waals surface area (Å²) in [5, 5.41) is 0. The van der Waals surface area contributed by atoms with Crippen molar-refractivity contribution in [2.75, 3.05) is 25.6 Å². The Morgan fingerprint density at radius 3 is 3.07 bits per heavy atom. The molecule has 0 bridgehead atoms. The predicted octanol–water partition coefficient (Wildman–Crippen LogP) is 2.51. The molecule has 1 heterocycles. The van der Waals surface area contributed by atoms with E-state index in [4.69, 9.17) is 16.3 Å². The molecule has 0 radical (unpaired) electrons. The van der Waals surface area contributed by atoms with E-state index in [1.54, 1.807) is 0 Å². The number of hydrogen-bond donors (Lipinski definition) is 0. The number of halogens is 1. The fourth-order valence-corrected chi connectivity index (χ4v) is 1.97. The molecule has 3 heteroatoms. The number of ether oxygens (including phenoxy) is 1. The maximum absolute atomic E-state index is 5.70. The van der Waals surface area contributed by atoms with Gasteiger partial charge in [0.05, 0.1) is 0 Å². The molecule has 0 aromatic heterocycles. The Hall–Kier alpha value is -0.730. The molecule has 1 aromatic rings. The zero-order valence-corrected chi connectivity index (χ0v) is 9.54. The van der Waals surface area contributed by atoms with Crippen LogP contribution in [0.5, 0.6) is 5.75 Å². The molecule has 1 aromatic carbocycles. The van der Waals surface area contributed by atoms with Crippen LogP contribution in [0.2, 0.25) is 0 Å². The lowest BCUT2D eigenvalue weighted by atomic mass is 10.2. The molecule has 2 rings (SSSR count). The molecule has 0 spiro atoms. The maximum atomic E-state index is 5.70. The smallest absolute Gasteiger partial charge is 0.123 e. The van der Waals surface area contributed by atoms with Crippen LogP contribution in [0.3, 0.4) is 0 Å². The zero-order valence-electron chi connectivity index (χ0n) is 8.79. The summed E-state index contributed by atoms with van der Waals surface area (Å²) < 4.78 is 5.68. The van der Waals surface area contributed by atoms with Gasteiger partial charge in [0.15, 0.2) is 0 Å². The molecule has 0 amide bonds. The quantitative estimate of drug-likeness (QED) is 0.733. The van der Waals surface area contributed by atoms with Crippen LogP contribution >= 0.6 is 11.6 Å². The van der Waals surface area contributed by atoms with Crippen molar-refractivity contribution in [3.8, 4) is 5.75 Å². The predicted molar refractivity (Wildman–Crippen MR) is 62.6 cm³/mol. The van der Waals surface area contributed by atoms with Gasteiger partial charge < -0.3 is 4.74 Å². The Morgan fingerprint density at radius 2 is 2.20 bits per heavy atom. The molecule has 0 N–H and O–H groups in total. The molecule has 15 heavy (non-hydrogen) atoms. The van der Waals surface area contributed by atoms with Crippen LogP contribution in [-0.4, -0.2) is 30.5 Å². The number of alkyl halides is 1. The lowest BCUT2D eigenvalue weighted by Crippen LogP contribution is -2.27. The van der Waals surface area contributed by atoms with Gasteiger partial charge in [-0.05, 0) is 19.0 Å². The van der Waals surface area contributed by atoms with Gasteiger partial charge in [0.25, 0.3) is 0 Å². The fourth-order valence-electron chi connectivity index (χ4n) is 1.85. The summed E-state index contributed by atoms with van der Waals surface area (Å²) >= 11 is 5.70. The SMILES string of the molecule is ClCCCN1CCOc2ccccc2C1. The van der Waals surface area contributed by atoms with Crippen molar-refractivity contribution in [3.05, 3.63) is 29.8 Å². The normalized spacial score (nSPS) is 16.6. The van der Waals surface area contributed by atoms with E-state index in [0.29, 0.717) is 0 Å². The van der Waals surface area contributed by atoms with Gasteiger partial charge in [-0.2, -0.15) is 0 Å². The molecule has 0 saturated carbocycles. The van der Waals surface area contributed by atoms with Crippen molar-refractivity contribution in [2.45, 2.75) is 13.0 Å². The summed E-state index contributed by atoms with van der Waals surface area (Å²) in [7, 11) is 0. The lowest BCUT2D eigenvalue weighted by Gasteiger charge is -2.18. The Kier molecular flexibility index (Phi) is 3.87. The molecule has 2 nitrogen and oxygen atoms in total. The van der Waals surface area contributed by atoms with Gasteiger partial charge in [-0.15, -0.1) is 11.6 Å². The van der Waals surface area contributed by atoms with Crippen LogP contribution in [-0.2, 0) is 6.54 Å². The third-order valence-corrected chi connectivity index (χ3v) is 2.91. The van der Waals surface area contributed by atoms with Crippen molar-refractivity contribution in [2.24, 2.45) is 0 Å². The van der Waals surface area contributed by atoms with Gasteiger partial charge in [-0.1, -0.05) is 18.2 Å². The third-order valence-electron chi connectivity index (χ3n) is 2.64. The molecular weight excluding hydrogens is 210 g/mol. The van der Waals surface area contributed by atoms with Gasteiger partial charge in [0.1, 0.15) is 12.4 Å². The monoisotopic (exact) mass is 225 g/mol. The molecule has 82 valence electrons. The van der Waals surface area contributed by atoms with Gasteiger partial charge in [-0.3, -0.25) is 4.90 Å². The minimum absolute atomic E-state index is 0.735. The average molecular weight is 226 g/mol. The van der Waals surface area contributed by atoms with Crippen molar-refractivity contribution < 1.29 is 4.74 Å². The third kappa shape index (κ3) is 2.86. The summed E-state index contributed by atoms with van der Waals surface area (Å²) in [6.45, 7) is 3.80. The van der Waals surface area contributed by atoms with E-state index >= 15 is 0 Å². The van der Waals surface area contributed by atoms with E-state index in [1.165, 1.54) is 5.56 Å². The molecule has 1 aliphatic heterocycles. The Bertz CT molecular complexity index is 314. The Balaban J connectivity index is 2.04. The minimum atomic E-state index is 0.735. The number of fused-ring (bicyclic) bond motifs is 1. The van der Waals surface area contributed by atoms with E-state index in [-0.39, 0.29) is 0 Å². The number of benzene rings is 1. The van der Waals surface area contributed by atoms with E-state index < -0.39 is 0 Å². The highest BCUT2D eigenvalue weighted by atomic mass is 35.5. The molecule has 0 saturated heterocycles. The number of hydrogen-bond acceptors (Lipinski definition) is 2. The lowest BCUT2D eigenvalue weighted by molar-refractivity contribution is 0.226. The first-order chi connectivity index (χ1) is 7.40. The zero-order chi connectivity index (χ0) is 10.5. The van der Waals surface area contributed by atoms with E-state index in [2.05, 4.69) is 17.0 Å². The molecular formula is C12H16ClNO. The van der Waals surface area contributed by atoms with Crippen LogP contribution in [0.4, 0.5) is 0 Å². The van der Waals surface area contributed by atoms with Gasteiger partial charge >= 0.3 is 0 Å². The number of nitrogens with zero attached hydrogens (tertiary/aromatic N) is 1. The van der Waals surface area contributed by atoms with Gasteiger partial charge in [0, 0.05) is 24.5 Å². The van der Waals surface area contributed by atoms with Crippen molar-refractivity contribution >= 4 is 11.6 Å². The number of para-hydroxylation sites is 1. The van der Waals surface area contributed by atoms with Crippen LogP contribution in [0, 0.1) is 0 Å². The summed E-state index contributed by atoms with van der Waals surface area (Å²) in [6.07, 6.45) is 1.05. The molecule has 0 fully saturated rings. The second-order valence-electron chi connectivity index (χ2n) is 3.77. The highest BCUT2D eigenvalue weighted by Crippen LogP contribution is 2.22. The average Bonchev–Trinajstić information content (AvgIpc) is 2.47. The van der Waals surface area contributed by atoms with Gasteiger partial charge in [0.2, 0.25) is 0 Å².